The van der Waals surface area contributed by atoms with Crippen molar-refractivity contribution in [2.75, 3.05) is 12.3 Å². The summed E-state index contributed by atoms with van der Waals surface area (Å²) in [5, 5.41) is 11.0. The van der Waals surface area contributed by atoms with Crippen molar-refractivity contribution in [2.45, 2.75) is 6.92 Å². The summed E-state index contributed by atoms with van der Waals surface area (Å²) >= 11 is 0. The molecule has 5 heteroatoms. The van der Waals surface area contributed by atoms with Crippen LogP contribution in [0.1, 0.15) is 17.3 Å². The number of nitrogens with one attached hydrogen (secondary N) is 1. The van der Waals surface area contributed by atoms with Gasteiger partial charge in [0.25, 0.3) is 5.91 Å². The molecule has 1 rings (SSSR count). The molecule has 3 N–H and O–H groups in total. The van der Waals surface area contributed by atoms with Gasteiger partial charge >= 0.3 is 0 Å². The maximum absolute atomic E-state index is 12.9. The number of nitriles is 1. The monoisotopic (exact) mass is 221 g/mol. The molecule has 1 atom stereocenters. The average molecular weight is 221 g/mol. The van der Waals surface area contributed by atoms with Gasteiger partial charge < -0.3 is 11.1 Å². The SMILES string of the molecule is CC(C#N)CNC(=O)c1cc(F)ccc1N. The van der Waals surface area contributed by atoms with Crippen LogP contribution in [0.4, 0.5) is 10.1 Å². The first kappa shape index (κ1) is 12.0. The predicted molar refractivity (Wildman–Crippen MR) is 57.9 cm³/mol. The largest absolute Gasteiger partial charge is 0.398 e. The number of carbonyl (C=O) groups excluding carboxylic acids is 1. The zero-order chi connectivity index (χ0) is 12.1. The fraction of sp³-hybridized carbons (Fsp3) is 0.273. The topological polar surface area (TPSA) is 78.9 Å². The highest BCUT2D eigenvalue weighted by Crippen LogP contribution is 2.13. The van der Waals surface area contributed by atoms with Crippen molar-refractivity contribution < 1.29 is 9.18 Å². The van der Waals surface area contributed by atoms with Crippen LogP contribution >= 0.6 is 0 Å². The summed E-state index contributed by atoms with van der Waals surface area (Å²) in [5.41, 5.74) is 5.84. The number of anilines is 1. The van der Waals surface area contributed by atoms with Crippen molar-refractivity contribution in [1.82, 2.24) is 5.32 Å². The Morgan fingerprint density at radius 2 is 2.38 bits per heavy atom. The summed E-state index contributed by atoms with van der Waals surface area (Å²) in [7, 11) is 0. The van der Waals surface area contributed by atoms with E-state index in [1.165, 1.54) is 12.1 Å². The van der Waals surface area contributed by atoms with E-state index >= 15 is 0 Å². The van der Waals surface area contributed by atoms with Gasteiger partial charge in [-0.15, -0.1) is 0 Å². The van der Waals surface area contributed by atoms with Crippen LogP contribution in [-0.2, 0) is 0 Å². The lowest BCUT2D eigenvalue weighted by Gasteiger charge is -2.08. The number of halogens is 1. The number of benzene rings is 1. The first-order valence-corrected chi connectivity index (χ1v) is 4.77. The first-order valence-electron chi connectivity index (χ1n) is 4.77. The summed E-state index contributed by atoms with van der Waals surface area (Å²) in [5.74, 6) is -1.29. The maximum atomic E-state index is 12.9. The molecular weight excluding hydrogens is 209 g/mol. The Balaban J connectivity index is 2.74. The van der Waals surface area contributed by atoms with Gasteiger partial charge in [-0.1, -0.05) is 0 Å². The van der Waals surface area contributed by atoms with Crippen molar-refractivity contribution in [2.24, 2.45) is 5.92 Å². The van der Waals surface area contributed by atoms with E-state index in [0.717, 1.165) is 6.07 Å². The van der Waals surface area contributed by atoms with Gasteiger partial charge in [-0.25, -0.2) is 4.39 Å². The van der Waals surface area contributed by atoms with Crippen molar-refractivity contribution in [1.29, 1.82) is 5.26 Å². The Morgan fingerprint density at radius 3 is 3.00 bits per heavy atom. The van der Waals surface area contributed by atoms with Crippen LogP contribution < -0.4 is 11.1 Å². The first-order chi connectivity index (χ1) is 7.54. The van der Waals surface area contributed by atoms with Crippen LogP contribution in [0.2, 0.25) is 0 Å². The van der Waals surface area contributed by atoms with Crippen LogP contribution in [0.25, 0.3) is 0 Å². The molecule has 0 bridgehead atoms. The molecule has 0 aliphatic carbocycles. The van der Waals surface area contributed by atoms with Gasteiger partial charge in [0.1, 0.15) is 5.82 Å². The Morgan fingerprint density at radius 1 is 1.69 bits per heavy atom. The van der Waals surface area contributed by atoms with Gasteiger partial charge in [0.05, 0.1) is 17.6 Å². The third-order valence-electron chi connectivity index (χ3n) is 2.05. The molecule has 0 saturated carbocycles. The predicted octanol–water partition coefficient (Wildman–Crippen LogP) is 1.30. The van der Waals surface area contributed by atoms with Crippen molar-refractivity contribution in [3.63, 3.8) is 0 Å². The maximum Gasteiger partial charge on any atom is 0.253 e. The van der Waals surface area contributed by atoms with Gasteiger partial charge in [-0.3, -0.25) is 4.79 Å². The van der Waals surface area contributed by atoms with Crippen LogP contribution in [0.5, 0.6) is 0 Å². The molecule has 1 unspecified atom stereocenters. The molecule has 0 aliphatic rings. The number of nitrogens with two attached hydrogens (primary N) is 1. The van der Waals surface area contributed by atoms with Gasteiger partial charge in [0.2, 0.25) is 0 Å². The number of nitrogens with zero attached hydrogens (tertiary/aromatic N) is 1. The molecular formula is C11H12FN3O. The van der Waals surface area contributed by atoms with Gasteiger partial charge in [-0.2, -0.15) is 5.26 Å². The second-order valence-electron chi connectivity index (χ2n) is 3.47. The zero-order valence-corrected chi connectivity index (χ0v) is 8.83. The number of nitrogen functional groups attached to an aromatic ring is 1. The Bertz CT molecular complexity index is 439. The van der Waals surface area contributed by atoms with E-state index in [2.05, 4.69) is 5.32 Å². The standard InChI is InChI=1S/C11H12FN3O/c1-7(5-13)6-15-11(16)9-4-8(12)2-3-10(9)14/h2-4,7H,6,14H2,1H3,(H,15,16). The molecule has 1 aromatic rings. The molecule has 84 valence electrons. The van der Waals surface area contributed by atoms with E-state index in [-0.39, 0.29) is 23.7 Å². The molecule has 0 fully saturated rings. The van der Waals surface area contributed by atoms with Crippen molar-refractivity contribution in [3.8, 4) is 6.07 Å². The number of hydrogen-bond acceptors (Lipinski definition) is 3. The van der Waals surface area contributed by atoms with Gasteiger partial charge in [-0.05, 0) is 25.1 Å². The second kappa shape index (κ2) is 5.12. The van der Waals surface area contributed by atoms with Crippen LogP contribution in [-0.4, -0.2) is 12.5 Å². The molecule has 0 radical (unpaired) electrons. The smallest absolute Gasteiger partial charge is 0.253 e. The number of carbonyl (C=O) groups is 1. The Hall–Kier alpha value is -2.09. The van der Waals surface area contributed by atoms with Crippen LogP contribution in [0.15, 0.2) is 18.2 Å². The van der Waals surface area contributed by atoms with E-state index in [4.69, 9.17) is 11.0 Å². The third kappa shape index (κ3) is 2.95. The fourth-order valence-electron chi connectivity index (χ4n) is 1.11. The number of hydrogen-bond donors (Lipinski definition) is 2. The zero-order valence-electron chi connectivity index (χ0n) is 8.83. The Labute approximate surface area is 92.9 Å². The van der Waals surface area contributed by atoms with E-state index in [1.54, 1.807) is 6.92 Å². The minimum atomic E-state index is -0.521. The molecule has 0 heterocycles. The molecule has 0 saturated heterocycles. The number of amides is 1. The molecule has 1 amide bonds. The highest BCUT2D eigenvalue weighted by atomic mass is 19.1. The summed E-state index contributed by atoms with van der Waals surface area (Å²) in [4.78, 5) is 11.6. The average Bonchev–Trinajstić information content (AvgIpc) is 2.28. The Kier molecular flexibility index (Phi) is 3.84. The summed E-state index contributed by atoms with van der Waals surface area (Å²) in [6, 6.07) is 5.56. The number of rotatable bonds is 3. The highest BCUT2D eigenvalue weighted by Gasteiger charge is 2.11. The van der Waals surface area contributed by atoms with E-state index in [0.29, 0.717) is 0 Å². The van der Waals surface area contributed by atoms with E-state index in [1.807, 2.05) is 6.07 Å². The highest BCUT2D eigenvalue weighted by molar-refractivity contribution is 5.99. The molecule has 16 heavy (non-hydrogen) atoms. The minimum absolute atomic E-state index is 0.0881. The van der Waals surface area contributed by atoms with Crippen LogP contribution in [0.3, 0.4) is 0 Å². The van der Waals surface area contributed by atoms with Gasteiger partial charge in [0, 0.05) is 12.2 Å². The quantitative estimate of drug-likeness (QED) is 0.755. The molecule has 4 nitrogen and oxygen atoms in total. The summed E-state index contributed by atoms with van der Waals surface area (Å²) in [6.45, 7) is 1.89. The molecule has 0 aromatic heterocycles. The van der Waals surface area contributed by atoms with Crippen LogP contribution in [0, 0.1) is 23.1 Å². The van der Waals surface area contributed by atoms with Crippen molar-refractivity contribution >= 4 is 11.6 Å². The lowest BCUT2D eigenvalue weighted by molar-refractivity contribution is 0.0951. The molecule has 0 aliphatic heterocycles. The summed E-state index contributed by atoms with van der Waals surface area (Å²) < 4.78 is 12.9. The lowest BCUT2D eigenvalue weighted by atomic mass is 10.1. The summed E-state index contributed by atoms with van der Waals surface area (Å²) in [6.07, 6.45) is 0. The minimum Gasteiger partial charge on any atom is -0.398 e. The molecule has 1 aromatic carbocycles. The second-order valence-corrected chi connectivity index (χ2v) is 3.47. The van der Waals surface area contributed by atoms with E-state index < -0.39 is 11.7 Å². The molecule has 0 spiro atoms. The fourth-order valence-corrected chi connectivity index (χ4v) is 1.11. The van der Waals surface area contributed by atoms with E-state index in [9.17, 15) is 9.18 Å². The lowest BCUT2D eigenvalue weighted by Crippen LogP contribution is -2.28. The van der Waals surface area contributed by atoms with Crippen molar-refractivity contribution in [3.05, 3.63) is 29.6 Å². The third-order valence-corrected chi connectivity index (χ3v) is 2.05. The van der Waals surface area contributed by atoms with Gasteiger partial charge in [0.15, 0.2) is 0 Å². The normalized spacial score (nSPS) is 11.6.